The zero-order valence-electron chi connectivity index (χ0n) is 12.1. The van der Waals surface area contributed by atoms with E-state index in [0.717, 1.165) is 17.9 Å². The number of benzene rings is 1. The second-order valence-corrected chi connectivity index (χ2v) is 4.14. The summed E-state index contributed by atoms with van der Waals surface area (Å²) in [6.07, 6.45) is 3.33. The van der Waals surface area contributed by atoms with Gasteiger partial charge < -0.3 is 19.9 Å². The number of fused-ring (bicyclic) bond motifs is 1. The average Bonchev–Trinajstić information content (AvgIpc) is 2.81. The smallest absolute Gasteiger partial charge is 0.101 e. The van der Waals surface area contributed by atoms with Gasteiger partial charge in [-0.25, -0.2) is 0 Å². The van der Waals surface area contributed by atoms with Gasteiger partial charge in [0.15, 0.2) is 0 Å². The van der Waals surface area contributed by atoms with E-state index in [9.17, 15) is 0 Å². The van der Waals surface area contributed by atoms with E-state index in [-0.39, 0.29) is 38.2 Å². The van der Waals surface area contributed by atoms with Crippen molar-refractivity contribution in [1.29, 1.82) is 5.41 Å². The molecule has 0 fully saturated rings. The van der Waals surface area contributed by atoms with Crippen molar-refractivity contribution in [2.75, 3.05) is 6.66 Å². The number of hydrogen-bond donors (Lipinski definition) is 2. The Morgan fingerprint density at radius 1 is 1.29 bits per heavy atom. The van der Waals surface area contributed by atoms with Gasteiger partial charge in [-0.1, -0.05) is 37.0 Å². The van der Waals surface area contributed by atoms with E-state index in [4.69, 9.17) is 5.41 Å². The summed E-state index contributed by atoms with van der Waals surface area (Å²) >= 11 is 0. The van der Waals surface area contributed by atoms with Crippen molar-refractivity contribution in [2.45, 2.75) is 6.42 Å². The third-order valence-electron chi connectivity index (χ3n) is 2.96. The van der Waals surface area contributed by atoms with Gasteiger partial charge in [0.2, 0.25) is 0 Å². The molecule has 3 aromatic rings. The molecule has 2 heterocycles. The minimum Gasteiger partial charge on any atom is -0.438 e. The summed E-state index contributed by atoms with van der Waals surface area (Å²) in [7, 11) is 4.34. The molecule has 2 aromatic heterocycles. The van der Waals surface area contributed by atoms with Crippen LogP contribution >= 0.6 is 9.24 Å². The summed E-state index contributed by atoms with van der Waals surface area (Å²) in [6.45, 7) is 1.92. The maximum atomic E-state index is 7.72. The first-order valence-corrected chi connectivity index (χ1v) is 7.39. The standard InChI is InChI=1S/C13H12N5.CH5P.Y/c1-18-10(7-9-5-3-2-4-6-9)17-11-12(14)15-8-16-13(11)18;1-2;/h2-6H,7H2,1H3,(H2,14,15,16);2H2,1H3;/q-1;;. The minimum atomic E-state index is 0. The summed E-state index contributed by atoms with van der Waals surface area (Å²) in [5.74, 6) is 0.905. The van der Waals surface area contributed by atoms with Crippen LogP contribution in [-0.2, 0) is 46.2 Å². The molecule has 2 N–H and O–H groups in total. The van der Waals surface area contributed by atoms with E-state index < -0.39 is 0 Å². The van der Waals surface area contributed by atoms with Gasteiger partial charge >= 0.3 is 0 Å². The van der Waals surface area contributed by atoms with E-state index in [1.165, 1.54) is 5.56 Å². The molecule has 0 aliphatic rings. The van der Waals surface area contributed by atoms with Crippen LogP contribution in [0.4, 0.5) is 0 Å². The van der Waals surface area contributed by atoms with Gasteiger partial charge in [-0.15, -0.1) is 9.24 Å². The summed E-state index contributed by atoms with van der Waals surface area (Å²) < 4.78 is 1.94. The third kappa shape index (κ3) is 4.06. The molecule has 0 bridgehead atoms. The van der Waals surface area contributed by atoms with E-state index in [2.05, 4.69) is 42.7 Å². The SMILES string of the molecule is CP.Cn1c(Cc2ccccc2)nc2c(=N)n[c-][nH]c21.[Y]. The second kappa shape index (κ2) is 8.52. The Hall–Kier alpha value is -0.896. The number of nitrogens with one attached hydrogen (secondary N) is 2. The summed E-state index contributed by atoms with van der Waals surface area (Å²) in [4.78, 5) is 11.2. The molecule has 0 spiro atoms. The fourth-order valence-electron chi connectivity index (χ4n) is 1.98. The molecule has 0 aliphatic carbocycles. The Bertz CT molecular complexity index is 751. The van der Waals surface area contributed by atoms with Gasteiger partial charge in [0.05, 0.1) is 5.49 Å². The number of rotatable bonds is 2. The van der Waals surface area contributed by atoms with Crippen molar-refractivity contribution in [1.82, 2.24) is 19.5 Å². The van der Waals surface area contributed by atoms with E-state index >= 15 is 0 Å². The van der Waals surface area contributed by atoms with E-state index in [0.29, 0.717) is 5.52 Å². The number of imidazole rings is 1. The largest absolute Gasteiger partial charge is 0.438 e. The molecular weight excluding hydrogens is 358 g/mol. The fourth-order valence-corrected chi connectivity index (χ4v) is 1.98. The van der Waals surface area contributed by atoms with Gasteiger partial charge in [-0.3, -0.25) is 4.98 Å². The molecule has 3 rings (SSSR count). The third-order valence-corrected chi connectivity index (χ3v) is 2.96. The molecule has 21 heavy (non-hydrogen) atoms. The van der Waals surface area contributed by atoms with Gasteiger partial charge in [0, 0.05) is 63.7 Å². The topological polar surface area (TPSA) is 70.3 Å². The van der Waals surface area contributed by atoms with Gasteiger partial charge in [0.25, 0.3) is 0 Å². The van der Waals surface area contributed by atoms with Crippen LogP contribution in [0.15, 0.2) is 30.3 Å². The Balaban J connectivity index is 0.000000706. The van der Waals surface area contributed by atoms with Crippen LogP contribution in [0.3, 0.4) is 0 Å². The Labute approximate surface area is 151 Å². The van der Waals surface area contributed by atoms with Crippen LogP contribution in [0, 0.1) is 11.7 Å². The van der Waals surface area contributed by atoms with Crippen molar-refractivity contribution >= 4 is 20.4 Å². The van der Waals surface area contributed by atoms with Crippen LogP contribution in [0.2, 0.25) is 0 Å². The zero-order valence-corrected chi connectivity index (χ0v) is 16.1. The summed E-state index contributed by atoms with van der Waals surface area (Å²) in [6, 6.07) is 10.1. The van der Waals surface area contributed by atoms with Crippen molar-refractivity contribution in [2.24, 2.45) is 7.05 Å². The molecule has 0 amide bonds. The predicted molar refractivity (Wildman–Crippen MR) is 82.4 cm³/mol. The van der Waals surface area contributed by atoms with Crippen LogP contribution in [0.5, 0.6) is 0 Å². The van der Waals surface area contributed by atoms with Crippen molar-refractivity contribution < 1.29 is 32.7 Å². The van der Waals surface area contributed by atoms with Crippen molar-refractivity contribution in [3.05, 3.63) is 53.5 Å². The normalized spacial score (nSPS) is 9.67. The minimum absolute atomic E-state index is 0. The quantitative estimate of drug-likeness (QED) is 0.528. The molecule has 0 saturated heterocycles. The van der Waals surface area contributed by atoms with E-state index in [1.54, 1.807) is 0 Å². The predicted octanol–water partition coefficient (Wildman–Crippen LogP) is 1.66. The Morgan fingerprint density at radius 2 is 1.95 bits per heavy atom. The number of H-pyrrole nitrogens is 1. The molecular formula is C14H17N5PY-. The van der Waals surface area contributed by atoms with Crippen molar-refractivity contribution in [3.63, 3.8) is 0 Å². The Kier molecular flexibility index (Phi) is 7.37. The number of aromatic nitrogens is 4. The van der Waals surface area contributed by atoms with Gasteiger partial charge in [0.1, 0.15) is 5.82 Å². The van der Waals surface area contributed by atoms with Crippen molar-refractivity contribution in [3.8, 4) is 0 Å². The van der Waals surface area contributed by atoms with Crippen LogP contribution < -0.4 is 5.49 Å². The van der Waals surface area contributed by atoms with Crippen LogP contribution in [0.1, 0.15) is 11.4 Å². The maximum Gasteiger partial charge on any atom is 0.101 e. The summed E-state index contributed by atoms with van der Waals surface area (Å²) in [5, 5.41) is 7.72. The molecule has 0 saturated carbocycles. The molecule has 5 nitrogen and oxygen atoms in total. The molecule has 7 heteroatoms. The second-order valence-electron chi connectivity index (χ2n) is 4.14. The molecule has 1 aromatic carbocycles. The molecule has 1 unspecified atom stereocenters. The first-order chi connectivity index (χ1) is 9.75. The molecule has 1 radical (unpaired) electrons. The van der Waals surface area contributed by atoms with Crippen LogP contribution in [0.25, 0.3) is 11.2 Å². The first-order valence-electron chi connectivity index (χ1n) is 6.23. The monoisotopic (exact) mass is 375 g/mol. The number of aryl methyl sites for hydroxylation is 1. The molecule has 1 atom stereocenters. The van der Waals surface area contributed by atoms with Gasteiger partial charge in [-0.2, -0.15) is 0 Å². The maximum absolute atomic E-state index is 7.72. The average molecular weight is 375 g/mol. The molecule has 107 valence electrons. The Morgan fingerprint density at radius 3 is 2.57 bits per heavy atom. The number of nitrogens with zero attached hydrogens (tertiary/aromatic N) is 3. The number of aromatic amines is 1. The van der Waals surface area contributed by atoms with E-state index in [1.807, 2.05) is 36.5 Å². The summed E-state index contributed by atoms with van der Waals surface area (Å²) in [5.41, 5.74) is 2.71. The van der Waals surface area contributed by atoms with Gasteiger partial charge in [-0.05, 0) is 5.56 Å². The fraction of sp³-hybridized carbons (Fsp3) is 0.214. The van der Waals surface area contributed by atoms with Crippen LogP contribution in [-0.4, -0.2) is 26.2 Å². The molecule has 0 aliphatic heterocycles. The first kappa shape index (κ1) is 18.2. The number of hydrogen-bond acceptors (Lipinski definition) is 3. The zero-order chi connectivity index (χ0) is 14.5.